The number of para-hydroxylation sites is 1. The van der Waals surface area contributed by atoms with Crippen LogP contribution in [0.2, 0.25) is 0 Å². The van der Waals surface area contributed by atoms with Crippen LogP contribution in [0.4, 0.5) is 5.69 Å². The van der Waals surface area contributed by atoms with Gasteiger partial charge in [0, 0.05) is 77.1 Å². The van der Waals surface area contributed by atoms with Crippen molar-refractivity contribution < 1.29 is 9.47 Å². The van der Waals surface area contributed by atoms with Gasteiger partial charge >= 0.3 is 0 Å². The molecule has 3 aromatic carbocycles. The lowest BCUT2D eigenvalue weighted by Gasteiger charge is -2.35. The van der Waals surface area contributed by atoms with Gasteiger partial charge in [0.1, 0.15) is 17.6 Å². The van der Waals surface area contributed by atoms with Gasteiger partial charge in [0.05, 0.1) is 7.11 Å². The number of benzene rings is 3. The Hall–Kier alpha value is -3.02. The van der Waals surface area contributed by atoms with E-state index in [0.29, 0.717) is 0 Å². The van der Waals surface area contributed by atoms with Gasteiger partial charge in [0.25, 0.3) is 0 Å². The van der Waals surface area contributed by atoms with Gasteiger partial charge in [0.15, 0.2) is 0 Å². The second-order valence-corrected chi connectivity index (χ2v) is 9.13. The predicted octanol–water partition coefficient (Wildman–Crippen LogP) is 5.09. The van der Waals surface area contributed by atoms with E-state index in [1.807, 2.05) is 32.3 Å². The molecule has 1 fully saturated rings. The summed E-state index contributed by atoms with van der Waals surface area (Å²) in [4.78, 5) is 7.20. The van der Waals surface area contributed by atoms with E-state index in [-0.39, 0.29) is 6.10 Å². The topological polar surface area (TPSA) is 28.2 Å². The quantitative estimate of drug-likeness (QED) is 0.421. The normalized spacial score (nSPS) is 15.6. The maximum absolute atomic E-state index is 6.58. The smallest absolute Gasteiger partial charge is 0.128 e. The minimum atomic E-state index is -0.0732. The van der Waals surface area contributed by atoms with Crippen molar-refractivity contribution in [3.8, 4) is 11.5 Å². The summed E-state index contributed by atoms with van der Waals surface area (Å²) < 4.78 is 12.3. The summed E-state index contributed by atoms with van der Waals surface area (Å²) in [7, 11) is 5.83. The number of ether oxygens (including phenoxy) is 2. The van der Waals surface area contributed by atoms with Crippen molar-refractivity contribution in [2.45, 2.75) is 19.1 Å². The zero-order chi connectivity index (χ0) is 23.8. The summed E-state index contributed by atoms with van der Waals surface area (Å²) >= 11 is 0. The molecule has 5 nitrogen and oxygen atoms in total. The standard InChI is InChI=1S/C29H37N3O2/c1-30(2)25-12-9-13-26(22-25)34-29(27-14-7-8-15-28(27)33-3)16-17-31-18-20-32(21-19-31)23-24-10-5-4-6-11-24/h4-15,22,29H,16-21,23H2,1-3H3. The highest BCUT2D eigenvalue weighted by Gasteiger charge is 2.22. The molecule has 0 radical (unpaired) electrons. The molecule has 0 aliphatic carbocycles. The van der Waals surface area contributed by atoms with Crippen molar-refractivity contribution in [2.75, 3.05) is 58.8 Å². The molecule has 0 bridgehead atoms. The Morgan fingerprint density at radius 2 is 1.53 bits per heavy atom. The van der Waals surface area contributed by atoms with E-state index in [9.17, 15) is 0 Å². The highest BCUT2D eigenvalue weighted by atomic mass is 16.5. The van der Waals surface area contributed by atoms with Crippen molar-refractivity contribution in [1.82, 2.24) is 9.80 Å². The van der Waals surface area contributed by atoms with Crippen LogP contribution in [-0.4, -0.2) is 63.7 Å². The molecule has 4 rings (SSSR count). The third-order valence-electron chi connectivity index (χ3n) is 6.52. The third-order valence-corrected chi connectivity index (χ3v) is 6.52. The van der Waals surface area contributed by atoms with Crippen LogP contribution in [0.5, 0.6) is 11.5 Å². The molecule has 1 aliphatic heterocycles. The highest BCUT2D eigenvalue weighted by molar-refractivity contribution is 5.49. The van der Waals surface area contributed by atoms with E-state index in [2.05, 4.69) is 75.4 Å². The molecule has 0 spiro atoms. The Labute approximate surface area is 204 Å². The van der Waals surface area contributed by atoms with E-state index in [4.69, 9.17) is 9.47 Å². The molecule has 5 heteroatoms. The molecule has 1 aliphatic rings. The molecule has 0 aromatic heterocycles. The zero-order valence-electron chi connectivity index (χ0n) is 20.7. The van der Waals surface area contributed by atoms with Crippen LogP contribution >= 0.6 is 0 Å². The minimum Gasteiger partial charge on any atom is -0.496 e. The summed E-state index contributed by atoms with van der Waals surface area (Å²) in [6.45, 7) is 6.39. The number of hydrogen-bond donors (Lipinski definition) is 0. The predicted molar refractivity (Wildman–Crippen MR) is 140 cm³/mol. The zero-order valence-corrected chi connectivity index (χ0v) is 20.7. The first-order valence-electron chi connectivity index (χ1n) is 12.2. The molecule has 0 amide bonds. The largest absolute Gasteiger partial charge is 0.496 e. The molecule has 34 heavy (non-hydrogen) atoms. The third kappa shape index (κ3) is 6.52. The molecule has 3 aromatic rings. The summed E-state index contributed by atoms with van der Waals surface area (Å²) in [5, 5.41) is 0. The fourth-order valence-electron chi connectivity index (χ4n) is 4.52. The van der Waals surface area contributed by atoms with E-state index in [1.54, 1.807) is 7.11 Å². The van der Waals surface area contributed by atoms with Crippen LogP contribution in [-0.2, 0) is 6.54 Å². The van der Waals surface area contributed by atoms with Crippen LogP contribution in [0, 0.1) is 0 Å². The first-order chi connectivity index (χ1) is 16.6. The van der Waals surface area contributed by atoms with Gasteiger partial charge in [-0.25, -0.2) is 0 Å². The maximum atomic E-state index is 6.58. The lowest BCUT2D eigenvalue weighted by Crippen LogP contribution is -2.46. The van der Waals surface area contributed by atoms with Crippen molar-refractivity contribution in [3.05, 3.63) is 90.0 Å². The van der Waals surface area contributed by atoms with Gasteiger partial charge in [0.2, 0.25) is 0 Å². The van der Waals surface area contributed by atoms with E-state index in [0.717, 1.165) is 68.4 Å². The van der Waals surface area contributed by atoms with E-state index < -0.39 is 0 Å². The van der Waals surface area contributed by atoms with Gasteiger partial charge in [-0.05, 0) is 23.8 Å². The molecule has 1 atom stereocenters. The molecule has 180 valence electrons. The maximum Gasteiger partial charge on any atom is 0.128 e. The fourth-order valence-corrected chi connectivity index (χ4v) is 4.52. The summed E-state index contributed by atoms with van der Waals surface area (Å²) in [5.74, 6) is 1.76. The van der Waals surface area contributed by atoms with E-state index in [1.165, 1.54) is 5.56 Å². The van der Waals surface area contributed by atoms with Crippen LogP contribution in [0.25, 0.3) is 0 Å². The fraction of sp³-hybridized carbons (Fsp3) is 0.379. The van der Waals surface area contributed by atoms with Crippen LogP contribution in [0.1, 0.15) is 23.7 Å². The Kier molecular flexibility index (Phi) is 8.45. The Balaban J connectivity index is 1.39. The first-order valence-corrected chi connectivity index (χ1v) is 12.2. The van der Waals surface area contributed by atoms with Gasteiger partial charge in [-0.15, -0.1) is 0 Å². The molecule has 1 unspecified atom stereocenters. The van der Waals surface area contributed by atoms with Crippen molar-refractivity contribution >= 4 is 5.69 Å². The molecular weight excluding hydrogens is 422 g/mol. The first kappa shape index (κ1) is 24.1. The number of nitrogens with zero attached hydrogens (tertiary/aromatic N) is 3. The average molecular weight is 460 g/mol. The molecule has 0 N–H and O–H groups in total. The number of piperazine rings is 1. The van der Waals surface area contributed by atoms with Crippen molar-refractivity contribution in [1.29, 1.82) is 0 Å². The van der Waals surface area contributed by atoms with Crippen LogP contribution in [0.3, 0.4) is 0 Å². The number of methoxy groups -OCH3 is 1. The summed E-state index contributed by atoms with van der Waals surface area (Å²) in [6, 6.07) is 27.3. The van der Waals surface area contributed by atoms with Crippen LogP contribution < -0.4 is 14.4 Å². The van der Waals surface area contributed by atoms with Gasteiger partial charge < -0.3 is 19.3 Å². The SMILES string of the molecule is COc1ccccc1C(CCN1CCN(Cc2ccccc2)CC1)Oc1cccc(N(C)C)c1. The summed E-state index contributed by atoms with van der Waals surface area (Å²) in [6.07, 6.45) is 0.835. The molecular formula is C29H37N3O2. The van der Waals surface area contributed by atoms with Gasteiger partial charge in [-0.3, -0.25) is 4.90 Å². The average Bonchev–Trinajstić information content (AvgIpc) is 2.88. The Bertz CT molecular complexity index is 1020. The highest BCUT2D eigenvalue weighted by Crippen LogP contribution is 2.33. The second-order valence-electron chi connectivity index (χ2n) is 9.13. The second kappa shape index (κ2) is 11.9. The lowest BCUT2D eigenvalue weighted by atomic mass is 10.0. The van der Waals surface area contributed by atoms with E-state index >= 15 is 0 Å². The van der Waals surface area contributed by atoms with Gasteiger partial charge in [-0.2, -0.15) is 0 Å². The van der Waals surface area contributed by atoms with Gasteiger partial charge in [-0.1, -0.05) is 54.6 Å². The molecule has 1 heterocycles. The molecule has 1 saturated heterocycles. The molecule has 0 saturated carbocycles. The minimum absolute atomic E-state index is 0.0732. The van der Waals surface area contributed by atoms with Crippen molar-refractivity contribution in [3.63, 3.8) is 0 Å². The number of hydrogen-bond acceptors (Lipinski definition) is 5. The monoisotopic (exact) mass is 459 g/mol. The van der Waals surface area contributed by atoms with Crippen LogP contribution in [0.15, 0.2) is 78.9 Å². The Morgan fingerprint density at radius 3 is 2.26 bits per heavy atom. The number of anilines is 1. The van der Waals surface area contributed by atoms with Crippen molar-refractivity contribution in [2.24, 2.45) is 0 Å². The summed E-state index contributed by atoms with van der Waals surface area (Å²) in [5.41, 5.74) is 3.62. The lowest BCUT2D eigenvalue weighted by molar-refractivity contribution is 0.106. The number of rotatable bonds is 10. The Morgan fingerprint density at radius 1 is 0.824 bits per heavy atom.